The SMILES string of the molecule is COC(=O)Cc1cc(CBr)c(C(F)F)nc1Cl. The number of hydrogen-bond acceptors (Lipinski definition) is 3. The fourth-order valence-electron chi connectivity index (χ4n) is 1.24. The molecular weight excluding hydrogens is 319 g/mol. The lowest BCUT2D eigenvalue weighted by atomic mass is 10.1. The summed E-state index contributed by atoms with van der Waals surface area (Å²) >= 11 is 8.82. The lowest BCUT2D eigenvalue weighted by Gasteiger charge is -2.09. The number of esters is 1. The highest BCUT2D eigenvalue weighted by Gasteiger charge is 2.18. The number of pyridine rings is 1. The van der Waals surface area contributed by atoms with Gasteiger partial charge < -0.3 is 4.74 Å². The molecule has 0 aliphatic rings. The Hall–Kier alpha value is -0.750. The van der Waals surface area contributed by atoms with Crippen molar-refractivity contribution in [1.29, 1.82) is 0 Å². The molecule has 0 fully saturated rings. The van der Waals surface area contributed by atoms with Crippen LogP contribution in [0.2, 0.25) is 5.15 Å². The van der Waals surface area contributed by atoms with E-state index in [-0.39, 0.29) is 22.6 Å². The fourth-order valence-corrected chi connectivity index (χ4v) is 1.90. The van der Waals surface area contributed by atoms with E-state index in [4.69, 9.17) is 11.6 Å². The van der Waals surface area contributed by atoms with E-state index in [1.807, 2.05) is 0 Å². The number of carbonyl (C=O) groups is 1. The Labute approximate surface area is 110 Å². The molecule has 0 saturated carbocycles. The summed E-state index contributed by atoms with van der Waals surface area (Å²) in [6.07, 6.45) is -2.79. The van der Waals surface area contributed by atoms with Crippen LogP contribution in [0.4, 0.5) is 8.78 Å². The Morgan fingerprint density at radius 1 is 1.59 bits per heavy atom. The van der Waals surface area contributed by atoms with Gasteiger partial charge in [0.25, 0.3) is 6.43 Å². The molecule has 0 N–H and O–H groups in total. The summed E-state index contributed by atoms with van der Waals surface area (Å²) in [5, 5.41) is 0.112. The molecule has 1 rings (SSSR count). The number of hydrogen-bond donors (Lipinski definition) is 0. The van der Waals surface area contributed by atoms with Crippen LogP contribution < -0.4 is 0 Å². The monoisotopic (exact) mass is 327 g/mol. The van der Waals surface area contributed by atoms with E-state index in [2.05, 4.69) is 25.7 Å². The van der Waals surface area contributed by atoms with Crippen molar-refractivity contribution in [3.8, 4) is 0 Å². The van der Waals surface area contributed by atoms with Gasteiger partial charge in [-0.05, 0) is 11.6 Å². The molecule has 17 heavy (non-hydrogen) atoms. The van der Waals surface area contributed by atoms with E-state index in [0.717, 1.165) is 0 Å². The summed E-state index contributed by atoms with van der Waals surface area (Å²) in [5.74, 6) is -0.501. The van der Waals surface area contributed by atoms with Crippen molar-refractivity contribution in [3.63, 3.8) is 0 Å². The van der Waals surface area contributed by atoms with Crippen LogP contribution in [-0.2, 0) is 21.3 Å². The van der Waals surface area contributed by atoms with Crippen molar-refractivity contribution in [1.82, 2.24) is 4.98 Å². The molecule has 0 amide bonds. The first kappa shape index (κ1) is 14.3. The molecule has 94 valence electrons. The number of aromatic nitrogens is 1. The topological polar surface area (TPSA) is 39.2 Å². The summed E-state index contributed by atoms with van der Waals surface area (Å²) < 4.78 is 29.7. The number of halogens is 4. The van der Waals surface area contributed by atoms with Gasteiger partial charge in [0.15, 0.2) is 0 Å². The number of alkyl halides is 3. The Morgan fingerprint density at radius 3 is 2.71 bits per heavy atom. The second-order valence-electron chi connectivity index (χ2n) is 3.17. The first-order chi connectivity index (χ1) is 7.99. The maximum absolute atomic E-state index is 12.6. The average molecular weight is 329 g/mol. The number of ether oxygens (including phenoxy) is 1. The molecule has 1 aromatic heterocycles. The molecule has 0 bridgehead atoms. The lowest BCUT2D eigenvalue weighted by molar-refractivity contribution is -0.139. The van der Waals surface area contributed by atoms with Gasteiger partial charge in [-0.15, -0.1) is 0 Å². The third-order valence-electron chi connectivity index (χ3n) is 2.07. The molecule has 0 aromatic carbocycles. The van der Waals surface area contributed by atoms with Crippen molar-refractivity contribution >= 4 is 33.5 Å². The van der Waals surface area contributed by atoms with E-state index in [0.29, 0.717) is 11.1 Å². The zero-order chi connectivity index (χ0) is 13.0. The summed E-state index contributed by atoms with van der Waals surface area (Å²) in [6.45, 7) is 0. The Balaban J connectivity index is 3.13. The van der Waals surface area contributed by atoms with Gasteiger partial charge in [-0.1, -0.05) is 27.5 Å². The van der Waals surface area contributed by atoms with Crippen molar-refractivity contribution in [3.05, 3.63) is 28.0 Å². The zero-order valence-corrected chi connectivity index (χ0v) is 11.2. The molecule has 3 nitrogen and oxygen atoms in total. The van der Waals surface area contributed by atoms with Crippen molar-refractivity contribution in [2.24, 2.45) is 0 Å². The molecule has 1 heterocycles. The van der Waals surface area contributed by atoms with Gasteiger partial charge in [-0.2, -0.15) is 0 Å². The van der Waals surface area contributed by atoms with Gasteiger partial charge >= 0.3 is 5.97 Å². The quantitative estimate of drug-likeness (QED) is 0.484. The minimum absolute atomic E-state index is 0.0914. The Kier molecular flexibility index (Phi) is 5.27. The standard InChI is InChI=1S/C10H9BrClF2NO2/c1-17-7(16)3-5-2-6(4-11)8(10(13)14)15-9(5)12/h2,10H,3-4H2,1H3. The van der Waals surface area contributed by atoms with Crippen molar-refractivity contribution < 1.29 is 18.3 Å². The molecule has 0 aliphatic carbocycles. The number of rotatable bonds is 4. The van der Waals surface area contributed by atoms with Gasteiger partial charge in [-0.3, -0.25) is 4.79 Å². The Morgan fingerprint density at radius 2 is 2.24 bits per heavy atom. The van der Waals surface area contributed by atoms with Crippen LogP contribution in [-0.4, -0.2) is 18.1 Å². The zero-order valence-electron chi connectivity index (χ0n) is 8.84. The van der Waals surface area contributed by atoms with Crippen molar-refractivity contribution in [2.45, 2.75) is 18.2 Å². The van der Waals surface area contributed by atoms with Crippen LogP contribution >= 0.6 is 27.5 Å². The first-order valence-electron chi connectivity index (χ1n) is 4.58. The largest absolute Gasteiger partial charge is 0.469 e. The van der Waals surface area contributed by atoms with E-state index >= 15 is 0 Å². The van der Waals surface area contributed by atoms with Gasteiger partial charge in [0, 0.05) is 10.9 Å². The second kappa shape index (κ2) is 6.26. The molecule has 1 aromatic rings. The average Bonchev–Trinajstić information content (AvgIpc) is 2.30. The predicted molar refractivity (Wildman–Crippen MR) is 62.6 cm³/mol. The van der Waals surface area contributed by atoms with Crippen LogP contribution in [0.1, 0.15) is 23.2 Å². The molecule has 0 radical (unpaired) electrons. The second-order valence-corrected chi connectivity index (χ2v) is 4.09. The molecule has 0 atom stereocenters. The molecule has 0 unspecified atom stereocenters. The van der Waals surface area contributed by atoms with E-state index in [9.17, 15) is 13.6 Å². The predicted octanol–water partition coefficient (Wildman–Crippen LogP) is 3.28. The van der Waals surface area contributed by atoms with E-state index in [1.54, 1.807) is 0 Å². The molecular formula is C10H9BrClF2NO2. The van der Waals surface area contributed by atoms with Crippen LogP contribution in [0.3, 0.4) is 0 Å². The summed E-state index contributed by atoms with van der Waals surface area (Å²) in [6, 6.07) is 1.43. The smallest absolute Gasteiger partial charge is 0.310 e. The van der Waals surface area contributed by atoms with Crippen molar-refractivity contribution in [2.75, 3.05) is 7.11 Å². The van der Waals surface area contributed by atoms with E-state index < -0.39 is 12.4 Å². The number of methoxy groups -OCH3 is 1. The summed E-state index contributed by atoms with van der Waals surface area (Å²) in [5.41, 5.74) is 0.307. The highest BCUT2D eigenvalue weighted by atomic mass is 79.9. The Bertz CT molecular complexity index is 429. The molecule has 0 spiro atoms. The molecule has 7 heteroatoms. The third-order valence-corrected chi connectivity index (χ3v) is 3.01. The number of nitrogens with zero attached hydrogens (tertiary/aromatic N) is 1. The highest BCUT2D eigenvalue weighted by molar-refractivity contribution is 9.08. The fraction of sp³-hybridized carbons (Fsp3) is 0.400. The maximum Gasteiger partial charge on any atom is 0.310 e. The molecule has 0 aliphatic heterocycles. The van der Waals surface area contributed by atoms with Gasteiger partial charge in [0.1, 0.15) is 10.8 Å². The minimum Gasteiger partial charge on any atom is -0.469 e. The molecule has 0 saturated heterocycles. The van der Waals surface area contributed by atoms with E-state index in [1.165, 1.54) is 13.2 Å². The summed E-state index contributed by atoms with van der Waals surface area (Å²) in [4.78, 5) is 14.7. The third kappa shape index (κ3) is 3.61. The van der Waals surface area contributed by atoms with Crippen LogP contribution in [0.15, 0.2) is 6.07 Å². The first-order valence-corrected chi connectivity index (χ1v) is 6.08. The van der Waals surface area contributed by atoms with Gasteiger partial charge in [0.2, 0.25) is 0 Å². The normalized spacial score (nSPS) is 10.7. The van der Waals surface area contributed by atoms with Crippen LogP contribution in [0.5, 0.6) is 0 Å². The summed E-state index contributed by atoms with van der Waals surface area (Å²) in [7, 11) is 1.24. The van der Waals surface area contributed by atoms with Crippen LogP contribution in [0.25, 0.3) is 0 Å². The van der Waals surface area contributed by atoms with Gasteiger partial charge in [0.05, 0.1) is 13.5 Å². The maximum atomic E-state index is 12.6. The lowest BCUT2D eigenvalue weighted by Crippen LogP contribution is -2.08. The minimum atomic E-state index is -2.70. The highest BCUT2D eigenvalue weighted by Crippen LogP contribution is 2.27. The van der Waals surface area contributed by atoms with Gasteiger partial charge in [-0.25, -0.2) is 13.8 Å². The van der Waals surface area contributed by atoms with Crippen LogP contribution in [0, 0.1) is 0 Å². The number of carbonyl (C=O) groups excluding carboxylic acids is 1.